The Morgan fingerprint density at radius 2 is 1.50 bits per heavy atom. The first-order chi connectivity index (χ1) is 17.9. The molecule has 0 radical (unpaired) electrons. The molecule has 0 aliphatic carbocycles. The van der Waals surface area contributed by atoms with Crippen molar-refractivity contribution in [3.63, 3.8) is 0 Å². The molecule has 8 nitrogen and oxygen atoms in total. The molecule has 0 saturated heterocycles. The molecule has 1 aliphatic rings. The van der Waals surface area contributed by atoms with E-state index in [9.17, 15) is 24.3 Å². The van der Waals surface area contributed by atoms with E-state index in [4.69, 9.17) is 4.74 Å². The minimum atomic E-state index is -1.48. The summed E-state index contributed by atoms with van der Waals surface area (Å²) in [6.07, 6.45) is 0.537. The van der Waals surface area contributed by atoms with Crippen LogP contribution < -0.4 is 5.32 Å². The quantitative estimate of drug-likeness (QED) is 0.221. The number of nitrogens with one attached hydrogen (secondary N) is 1. The zero-order valence-electron chi connectivity index (χ0n) is 22.8. The van der Waals surface area contributed by atoms with Crippen LogP contribution in [-0.4, -0.2) is 60.5 Å². The second-order valence-electron chi connectivity index (χ2n) is 11.4. The van der Waals surface area contributed by atoms with Crippen LogP contribution in [0.2, 0.25) is 25.7 Å². The van der Waals surface area contributed by atoms with E-state index in [0.717, 1.165) is 22.1 Å². The van der Waals surface area contributed by atoms with Gasteiger partial charge in [-0.1, -0.05) is 69.9 Å². The molecule has 0 spiro atoms. The van der Waals surface area contributed by atoms with Gasteiger partial charge in [0.2, 0.25) is 0 Å². The van der Waals surface area contributed by atoms with Crippen LogP contribution in [0.1, 0.15) is 52.1 Å². The largest absolute Gasteiger partial charge is 0.480 e. The number of ether oxygens (including phenoxy) is 1. The van der Waals surface area contributed by atoms with Gasteiger partial charge in [-0.25, -0.2) is 4.79 Å². The number of rotatable bonds is 13. The van der Waals surface area contributed by atoms with E-state index >= 15 is 0 Å². The standard InChI is InChI=1S/C29H38N2O6Si/c1-19(2)16-24(28(34)35)30-18-21-11-7-6-10-20(21)17-25(29(36)37-14-15-38(3,4)5)31-26(32)22-12-8-9-13-23(22)27(31)33/h6-13,19,24-25,30H,14-18H2,1-5H3,(H,34,35). The fraction of sp³-hybridized carbons (Fsp3) is 0.448. The van der Waals surface area contributed by atoms with Crippen LogP contribution in [0.15, 0.2) is 48.5 Å². The third-order valence-corrected chi connectivity index (χ3v) is 8.29. The van der Waals surface area contributed by atoms with Gasteiger partial charge in [0.05, 0.1) is 17.7 Å². The van der Waals surface area contributed by atoms with Crippen LogP contribution in [-0.2, 0) is 27.3 Å². The number of hydrogen-bond acceptors (Lipinski definition) is 6. The number of amides is 2. The SMILES string of the molecule is CC(C)CC(NCc1ccccc1CC(C(=O)OCC[Si](C)(C)C)N1C(=O)c2ccccc2C1=O)C(=O)O. The molecule has 9 heteroatoms. The first kappa shape index (κ1) is 29.3. The van der Waals surface area contributed by atoms with Crippen molar-refractivity contribution in [1.82, 2.24) is 10.2 Å². The van der Waals surface area contributed by atoms with Crippen LogP contribution in [0, 0.1) is 5.92 Å². The molecule has 38 heavy (non-hydrogen) atoms. The molecule has 1 aliphatic heterocycles. The molecule has 0 bridgehead atoms. The number of carbonyl (C=O) groups is 4. The predicted molar refractivity (Wildman–Crippen MR) is 148 cm³/mol. The summed E-state index contributed by atoms with van der Waals surface area (Å²) in [6.45, 7) is 10.9. The second kappa shape index (κ2) is 12.5. The average molecular weight is 539 g/mol. The number of aliphatic carboxylic acids is 1. The molecule has 2 aromatic carbocycles. The van der Waals surface area contributed by atoms with E-state index in [1.165, 1.54) is 0 Å². The van der Waals surface area contributed by atoms with Gasteiger partial charge in [0.15, 0.2) is 0 Å². The number of carboxylic acids is 1. The molecule has 204 valence electrons. The maximum Gasteiger partial charge on any atom is 0.329 e. The second-order valence-corrected chi connectivity index (χ2v) is 17.0. The fourth-order valence-corrected chi connectivity index (χ4v) is 5.15. The number of nitrogens with zero attached hydrogens (tertiary/aromatic N) is 1. The molecule has 0 saturated carbocycles. The van der Waals surface area contributed by atoms with E-state index in [0.29, 0.717) is 6.42 Å². The summed E-state index contributed by atoms with van der Waals surface area (Å²) >= 11 is 0. The summed E-state index contributed by atoms with van der Waals surface area (Å²) in [4.78, 5) is 52.7. The van der Waals surface area contributed by atoms with Crippen molar-refractivity contribution in [3.8, 4) is 0 Å². The highest BCUT2D eigenvalue weighted by Crippen LogP contribution is 2.27. The smallest absolute Gasteiger partial charge is 0.329 e. The van der Waals surface area contributed by atoms with Crippen LogP contribution in [0.4, 0.5) is 0 Å². The van der Waals surface area contributed by atoms with Crippen LogP contribution >= 0.6 is 0 Å². The number of imide groups is 1. The van der Waals surface area contributed by atoms with E-state index in [2.05, 4.69) is 25.0 Å². The van der Waals surface area contributed by atoms with Gasteiger partial charge in [-0.3, -0.25) is 19.3 Å². The molecule has 2 N–H and O–H groups in total. The number of fused-ring (bicyclic) bond motifs is 1. The Morgan fingerprint density at radius 3 is 2.03 bits per heavy atom. The van der Waals surface area contributed by atoms with Gasteiger partial charge in [-0.05, 0) is 41.6 Å². The molecule has 1 heterocycles. The normalized spacial score (nSPS) is 14.9. The van der Waals surface area contributed by atoms with Gasteiger partial charge >= 0.3 is 11.9 Å². The van der Waals surface area contributed by atoms with E-state index in [1.807, 2.05) is 38.1 Å². The lowest BCUT2D eigenvalue weighted by Gasteiger charge is -2.26. The predicted octanol–water partition coefficient (Wildman–Crippen LogP) is 4.36. The summed E-state index contributed by atoms with van der Waals surface area (Å²) in [6, 6.07) is 12.8. The van der Waals surface area contributed by atoms with Crippen molar-refractivity contribution < 1.29 is 29.0 Å². The molecule has 2 amide bonds. The van der Waals surface area contributed by atoms with E-state index in [-0.39, 0.29) is 36.6 Å². The Hall–Kier alpha value is -3.30. The number of carboxylic acid groups (broad SMARTS) is 1. The highest BCUT2D eigenvalue weighted by atomic mass is 28.3. The minimum absolute atomic E-state index is 0.0665. The molecule has 0 aromatic heterocycles. The zero-order valence-corrected chi connectivity index (χ0v) is 23.8. The average Bonchev–Trinajstić information content (AvgIpc) is 3.09. The zero-order chi connectivity index (χ0) is 28.0. The lowest BCUT2D eigenvalue weighted by molar-refractivity contribution is -0.147. The maximum absolute atomic E-state index is 13.4. The summed E-state index contributed by atoms with van der Waals surface area (Å²) in [7, 11) is -1.48. The maximum atomic E-state index is 13.4. The van der Waals surface area contributed by atoms with Gasteiger partial charge < -0.3 is 15.2 Å². The van der Waals surface area contributed by atoms with Crippen molar-refractivity contribution in [2.45, 2.75) is 71.0 Å². The Kier molecular flexibility index (Phi) is 9.62. The fourth-order valence-electron chi connectivity index (χ4n) is 4.44. The van der Waals surface area contributed by atoms with Crippen molar-refractivity contribution in [3.05, 3.63) is 70.8 Å². The first-order valence-electron chi connectivity index (χ1n) is 13.1. The molecule has 2 aromatic rings. The molecular weight excluding hydrogens is 500 g/mol. The third kappa shape index (κ3) is 7.38. The lowest BCUT2D eigenvalue weighted by Crippen LogP contribution is -2.47. The summed E-state index contributed by atoms with van der Waals surface area (Å²) in [5.74, 6) is -2.38. The van der Waals surface area contributed by atoms with Gasteiger partial charge in [-0.15, -0.1) is 0 Å². The van der Waals surface area contributed by atoms with E-state index in [1.54, 1.807) is 24.3 Å². The van der Waals surface area contributed by atoms with Crippen molar-refractivity contribution >= 4 is 31.8 Å². The molecule has 3 rings (SSSR count). The Labute approximate surface area is 225 Å². The summed E-state index contributed by atoms with van der Waals surface area (Å²) < 4.78 is 5.63. The summed E-state index contributed by atoms with van der Waals surface area (Å²) in [5.41, 5.74) is 2.06. The molecule has 0 fully saturated rings. The Bertz CT molecular complexity index is 1150. The Balaban J connectivity index is 1.88. The van der Waals surface area contributed by atoms with Crippen molar-refractivity contribution in [2.24, 2.45) is 5.92 Å². The van der Waals surface area contributed by atoms with Gasteiger partial charge in [0.25, 0.3) is 11.8 Å². The third-order valence-electron chi connectivity index (χ3n) is 6.58. The lowest BCUT2D eigenvalue weighted by atomic mass is 9.98. The van der Waals surface area contributed by atoms with Crippen LogP contribution in [0.3, 0.4) is 0 Å². The van der Waals surface area contributed by atoms with Crippen LogP contribution in [0.5, 0.6) is 0 Å². The topological polar surface area (TPSA) is 113 Å². The van der Waals surface area contributed by atoms with Crippen molar-refractivity contribution in [1.29, 1.82) is 0 Å². The number of esters is 1. The van der Waals surface area contributed by atoms with Crippen molar-refractivity contribution in [2.75, 3.05) is 6.61 Å². The summed E-state index contributed by atoms with van der Waals surface area (Å²) in [5, 5.41) is 12.7. The molecule has 2 unspecified atom stereocenters. The molecular formula is C29H38N2O6Si. The molecule has 2 atom stereocenters. The number of benzene rings is 2. The van der Waals surface area contributed by atoms with E-state index < -0.39 is 43.9 Å². The van der Waals surface area contributed by atoms with Gasteiger partial charge in [0.1, 0.15) is 12.1 Å². The van der Waals surface area contributed by atoms with Gasteiger partial charge in [0, 0.05) is 21.0 Å². The number of hydrogen-bond donors (Lipinski definition) is 2. The van der Waals surface area contributed by atoms with Crippen LogP contribution in [0.25, 0.3) is 0 Å². The minimum Gasteiger partial charge on any atom is -0.480 e. The Morgan fingerprint density at radius 1 is 0.947 bits per heavy atom. The number of carbonyl (C=O) groups excluding carboxylic acids is 3. The highest BCUT2D eigenvalue weighted by Gasteiger charge is 2.43. The monoisotopic (exact) mass is 538 g/mol. The highest BCUT2D eigenvalue weighted by molar-refractivity contribution is 6.76. The first-order valence-corrected chi connectivity index (χ1v) is 16.8. The van der Waals surface area contributed by atoms with Gasteiger partial charge in [-0.2, -0.15) is 0 Å².